The van der Waals surface area contributed by atoms with Crippen LogP contribution in [0.2, 0.25) is 0 Å². The molecule has 0 saturated carbocycles. The molecule has 2 rings (SSSR count). The zero-order valence-corrected chi connectivity index (χ0v) is 9.99. The monoisotopic (exact) mass is 249 g/mol. The number of aryl methyl sites for hydroxylation is 1. The van der Waals surface area contributed by atoms with Gasteiger partial charge < -0.3 is 11.1 Å². The van der Waals surface area contributed by atoms with E-state index >= 15 is 0 Å². The summed E-state index contributed by atoms with van der Waals surface area (Å²) in [7, 11) is 0. The van der Waals surface area contributed by atoms with Gasteiger partial charge in [0.2, 0.25) is 0 Å². The van der Waals surface area contributed by atoms with Crippen LogP contribution in [0.25, 0.3) is 0 Å². The quantitative estimate of drug-likeness (QED) is 0.837. The lowest BCUT2D eigenvalue weighted by atomic mass is 10.3. The predicted molar refractivity (Wildman–Crippen MR) is 64.5 cm³/mol. The summed E-state index contributed by atoms with van der Waals surface area (Å²) >= 11 is 1.18. The van der Waals surface area contributed by atoms with Gasteiger partial charge in [0, 0.05) is 12.4 Å². The molecule has 0 radical (unpaired) electrons. The van der Waals surface area contributed by atoms with Gasteiger partial charge >= 0.3 is 0 Å². The lowest BCUT2D eigenvalue weighted by molar-refractivity contribution is 0.0953. The molecular weight excluding hydrogens is 238 g/mol. The van der Waals surface area contributed by atoms with Crippen LogP contribution in [0.4, 0.5) is 5.13 Å². The molecule has 0 aromatic carbocycles. The van der Waals surface area contributed by atoms with Gasteiger partial charge in [0.25, 0.3) is 5.91 Å². The van der Waals surface area contributed by atoms with E-state index in [4.69, 9.17) is 5.73 Å². The minimum Gasteiger partial charge on any atom is -0.375 e. The fraction of sp³-hybridized carbons (Fsp3) is 0.200. The highest BCUT2D eigenvalue weighted by atomic mass is 32.1. The molecule has 0 aliphatic rings. The Morgan fingerprint density at radius 1 is 1.53 bits per heavy atom. The number of carbonyl (C=O) groups excluding carboxylic acids is 1. The Bertz CT molecular complexity index is 525. The van der Waals surface area contributed by atoms with Crippen LogP contribution in [0.5, 0.6) is 0 Å². The zero-order valence-electron chi connectivity index (χ0n) is 9.17. The van der Waals surface area contributed by atoms with Crippen molar-refractivity contribution in [3.05, 3.63) is 34.9 Å². The summed E-state index contributed by atoms with van der Waals surface area (Å²) in [6, 6.07) is 0. The van der Waals surface area contributed by atoms with Crippen LogP contribution in [0.15, 0.2) is 18.6 Å². The number of rotatable bonds is 3. The Morgan fingerprint density at radius 2 is 2.35 bits per heavy atom. The van der Waals surface area contributed by atoms with Gasteiger partial charge in [-0.25, -0.2) is 4.98 Å². The molecule has 6 nitrogen and oxygen atoms in total. The molecule has 0 aliphatic heterocycles. The summed E-state index contributed by atoms with van der Waals surface area (Å²) in [6.07, 6.45) is 4.77. The second kappa shape index (κ2) is 4.88. The van der Waals surface area contributed by atoms with E-state index in [1.165, 1.54) is 11.3 Å². The van der Waals surface area contributed by atoms with Crippen molar-refractivity contribution >= 4 is 22.4 Å². The summed E-state index contributed by atoms with van der Waals surface area (Å²) in [5.74, 6) is -0.192. The van der Waals surface area contributed by atoms with Gasteiger partial charge in [-0.3, -0.25) is 14.8 Å². The van der Waals surface area contributed by atoms with Crippen LogP contribution >= 0.6 is 11.3 Å². The highest BCUT2D eigenvalue weighted by Crippen LogP contribution is 2.19. The third-order valence-electron chi connectivity index (χ3n) is 2.07. The Balaban J connectivity index is 2.01. The van der Waals surface area contributed by atoms with E-state index in [1.54, 1.807) is 25.5 Å². The van der Waals surface area contributed by atoms with Crippen LogP contribution < -0.4 is 11.1 Å². The lowest BCUT2D eigenvalue weighted by Crippen LogP contribution is -2.23. The van der Waals surface area contributed by atoms with Crippen molar-refractivity contribution < 1.29 is 4.79 Å². The van der Waals surface area contributed by atoms with E-state index in [0.717, 1.165) is 0 Å². The maximum Gasteiger partial charge on any atom is 0.263 e. The standard InChI is InChI=1S/C10H11N5OS/c1-6-8(17-10(11)15-6)9(16)14-5-7-4-12-2-3-13-7/h2-4H,5H2,1H3,(H2,11,15)(H,14,16). The highest BCUT2D eigenvalue weighted by Gasteiger charge is 2.13. The highest BCUT2D eigenvalue weighted by molar-refractivity contribution is 7.17. The summed E-state index contributed by atoms with van der Waals surface area (Å²) < 4.78 is 0. The van der Waals surface area contributed by atoms with Gasteiger partial charge in [-0.15, -0.1) is 0 Å². The Hall–Kier alpha value is -2.02. The topological polar surface area (TPSA) is 93.8 Å². The largest absolute Gasteiger partial charge is 0.375 e. The van der Waals surface area contributed by atoms with Crippen LogP contribution in [-0.2, 0) is 6.54 Å². The first kappa shape index (κ1) is 11.5. The average Bonchev–Trinajstić information content (AvgIpc) is 2.67. The van der Waals surface area contributed by atoms with Crippen LogP contribution in [0.3, 0.4) is 0 Å². The van der Waals surface area contributed by atoms with E-state index in [0.29, 0.717) is 27.9 Å². The van der Waals surface area contributed by atoms with Crippen molar-refractivity contribution in [2.24, 2.45) is 0 Å². The number of hydrogen-bond acceptors (Lipinski definition) is 6. The van der Waals surface area contributed by atoms with E-state index in [-0.39, 0.29) is 5.91 Å². The molecule has 17 heavy (non-hydrogen) atoms. The molecule has 1 amide bonds. The Kier molecular flexibility index (Phi) is 3.29. The fourth-order valence-electron chi connectivity index (χ4n) is 1.30. The van der Waals surface area contributed by atoms with Crippen LogP contribution in [-0.4, -0.2) is 20.9 Å². The normalized spacial score (nSPS) is 10.2. The number of aromatic nitrogens is 3. The second-order valence-electron chi connectivity index (χ2n) is 3.35. The van der Waals surface area contributed by atoms with E-state index in [9.17, 15) is 4.79 Å². The van der Waals surface area contributed by atoms with Gasteiger partial charge in [0.05, 0.1) is 24.1 Å². The van der Waals surface area contributed by atoms with Crippen molar-refractivity contribution in [1.82, 2.24) is 20.3 Å². The first-order valence-corrected chi connectivity index (χ1v) is 5.74. The van der Waals surface area contributed by atoms with E-state index in [1.807, 2.05) is 0 Å². The molecule has 0 unspecified atom stereocenters. The predicted octanol–water partition coefficient (Wildman–Crippen LogP) is 0.754. The molecule has 0 fully saturated rings. The first-order chi connectivity index (χ1) is 8.16. The van der Waals surface area contributed by atoms with Gasteiger partial charge in [-0.05, 0) is 6.92 Å². The number of nitrogens with one attached hydrogen (secondary N) is 1. The molecule has 0 bridgehead atoms. The Labute approximate surface area is 102 Å². The van der Waals surface area contributed by atoms with Gasteiger partial charge in [0.1, 0.15) is 4.88 Å². The van der Waals surface area contributed by atoms with Crippen molar-refractivity contribution in [1.29, 1.82) is 0 Å². The third-order valence-corrected chi connectivity index (χ3v) is 3.05. The maximum absolute atomic E-state index is 11.8. The maximum atomic E-state index is 11.8. The number of anilines is 1. The SMILES string of the molecule is Cc1nc(N)sc1C(=O)NCc1cnccn1. The van der Waals surface area contributed by atoms with Crippen molar-refractivity contribution in [2.75, 3.05) is 5.73 Å². The molecule has 0 atom stereocenters. The number of carbonyl (C=O) groups is 1. The van der Waals surface area contributed by atoms with Gasteiger partial charge in [-0.1, -0.05) is 11.3 Å². The summed E-state index contributed by atoms with van der Waals surface area (Å²) in [4.78, 5) is 24.3. The third kappa shape index (κ3) is 2.76. The van der Waals surface area contributed by atoms with Gasteiger partial charge in [0.15, 0.2) is 5.13 Å². The molecule has 0 saturated heterocycles. The van der Waals surface area contributed by atoms with Crippen LogP contribution in [0.1, 0.15) is 21.1 Å². The fourth-order valence-corrected chi connectivity index (χ4v) is 2.05. The minimum absolute atomic E-state index is 0.192. The van der Waals surface area contributed by atoms with E-state index in [2.05, 4.69) is 20.3 Å². The average molecular weight is 249 g/mol. The molecule has 88 valence electrons. The molecule has 2 aromatic rings. The number of nitrogen functional groups attached to an aromatic ring is 1. The van der Waals surface area contributed by atoms with E-state index < -0.39 is 0 Å². The Morgan fingerprint density at radius 3 is 2.94 bits per heavy atom. The lowest BCUT2D eigenvalue weighted by Gasteiger charge is -2.02. The summed E-state index contributed by atoms with van der Waals surface area (Å²) in [6.45, 7) is 2.09. The number of nitrogens with two attached hydrogens (primary N) is 1. The van der Waals surface area contributed by atoms with Crippen LogP contribution in [0, 0.1) is 6.92 Å². The molecule has 0 aliphatic carbocycles. The number of hydrogen-bond donors (Lipinski definition) is 2. The summed E-state index contributed by atoms with van der Waals surface area (Å²) in [5.41, 5.74) is 6.88. The molecule has 7 heteroatoms. The molecule has 2 heterocycles. The molecule has 0 spiro atoms. The second-order valence-corrected chi connectivity index (χ2v) is 4.38. The zero-order chi connectivity index (χ0) is 12.3. The molecule has 2 aromatic heterocycles. The first-order valence-electron chi connectivity index (χ1n) is 4.93. The number of amides is 1. The van der Waals surface area contributed by atoms with Gasteiger partial charge in [-0.2, -0.15) is 0 Å². The van der Waals surface area contributed by atoms with Crippen molar-refractivity contribution in [3.63, 3.8) is 0 Å². The van der Waals surface area contributed by atoms with Crippen molar-refractivity contribution in [3.8, 4) is 0 Å². The minimum atomic E-state index is -0.192. The number of nitrogens with zero attached hydrogens (tertiary/aromatic N) is 3. The molecule has 3 N–H and O–H groups in total. The molecular formula is C10H11N5OS. The van der Waals surface area contributed by atoms with Crippen molar-refractivity contribution in [2.45, 2.75) is 13.5 Å². The summed E-state index contributed by atoms with van der Waals surface area (Å²) in [5, 5.41) is 3.14. The number of thiazole rings is 1. The smallest absolute Gasteiger partial charge is 0.263 e.